The molecule has 2 aliphatic carbocycles. The van der Waals surface area contributed by atoms with E-state index in [1.165, 1.54) is 12.8 Å². The zero-order chi connectivity index (χ0) is 17.0. The van der Waals surface area contributed by atoms with Gasteiger partial charge < -0.3 is 15.5 Å². The van der Waals surface area contributed by atoms with Crippen molar-refractivity contribution in [3.05, 3.63) is 17.8 Å². The number of anilines is 1. The maximum absolute atomic E-state index is 13.0. The highest BCUT2D eigenvalue weighted by atomic mass is 35.5. The van der Waals surface area contributed by atoms with E-state index in [0.29, 0.717) is 17.7 Å². The highest BCUT2D eigenvalue weighted by molar-refractivity contribution is 7.17. The highest BCUT2D eigenvalue weighted by Crippen LogP contribution is 2.48. The fourth-order valence-electron chi connectivity index (χ4n) is 5.05. The molecule has 4 unspecified atom stereocenters. The lowest BCUT2D eigenvalue weighted by Crippen LogP contribution is -2.54. The number of fused-ring (bicyclic) bond motifs is 3. The number of aromatic nitrogens is 2. The first kappa shape index (κ1) is 20.6. The number of piperazine rings is 1. The number of rotatable bonds is 2. The average molecular weight is 430 g/mol. The number of thiophene rings is 1. The zero-order valence-electron chi connectivity index (χ0n) is 15.0. The SMILES string of the molecule is Cl.Cl.NC1C2CCC(C2)C1C(=O)N1CCN(c2ncnc3ccsc23)CC1. The Morgan fingerprint density at radius 1 is 1.11 bits per heavy atom. The van der Waals surface area contributed by atoms with Gasteiger partial charge in [-0.3, -0.25) is 4.79 Å². The van der Waals surface area contributed by atoms with Crippen LogP contribution in [0.4, 0.5) is 5.82 Å². The molecule has 6 nitrogen and oxygen atoms in total. The number of nitrogens with two attached hydrogens (primary N) is 1. The number of hydrogen-bond acceptors (Lipinski definition) is 6. The van der Waals surface area contributed by atoms with Gasteiger partial charge in [0.15, 0.2) is 0 Å². The summed E-state index contributed by atoms with van der Waals surface area (Å²) in [5.74, 6) is 2.46. The van der Waals surface area contributed by atoms with Crippen LogP contribution in [0.1, 0.15) is 19.3 Å². The third-order valence-corrected chi connectivity index (χ3v) is 7.28. The standard InChI is InChI=1S/C18H23N5OS.2ClH/c19-15-12-2-1-11(9-12)14(15)18(24)23-6-4-22(5-7-23)17-16-13(3-8-25-16)20-10-21-17;;/h3,8,10-12,14-15H,1-2,4-7,9,19H2;2*1H. The molecule has 27 heavy (non-hydrogen) atoms. The first-order chi connectivity index (χ1) is 12.2. The monoisotopic (exact) mass is 429 g/mol. The van der Waals surface area contributed by atoms with Crippen LogP contribution >= 0.6 is 36.2 Å². The van der Waals surface area contributed by atoms with Gasteiger partial charge in [-0.1, -0.05) is 0 Å². The molecule has 3 heterocycles. The molecule has 1 aliphatic heterocycles. The summed E-state index contributed by atoms with van der Waals surface area (Å²) in [6.07, 6.45) is 5.20. The summed E-state index contributed by atoms with van der Waals surface area (Å²) in [7, 11) is 0. The molecule has 2 aromatic heterocycles. The Morgan fingerprint density at radius 3 is 2.56 bits per heavy atom. The van der Waals surface area contributed by atoms with Crippen LogP contribution in [0.2, 0.25) is 0 Å². The van der Waals surface area contributed by atoms with Crippen LogP contribution in [0, 0.1) is 17.8 Å². The predicted molar refractivity (Wildman–Crippen MR) is 113 cm³/mol. The van der Waals surface area contributed by atoms with Crippen LogP contribution < -0.4 is 10.6 Å². The van der Waals surface area contributed by atoms with Gasteiger partial charge in [-0.05, 0) is 42.5 Å². The van der Waals surface area contributed by atoms with Gasteiger partial charge in [-0.25, -0.2) is 9.97 Å². The minimum atomic E-state index is 0. The molecule has 1 amide bonds. The molecule has 2 N–H and O–H groups in total. The number of hydrogen-bond donors (Lipinski definition) is 1. The van der Waals surface area contributed by atoms with Gasteiger partial charge in [0.25, 0.3) is 0 Å². The predicted octanol–water partition coefficient (Wildman–Crippen LogP) is 2.56. The summed E-state index contributed by atoms with van der Waals surface area (Å²) in [6, 6.07) is 2.11. The Balaban J connectivity index is 0.00000105. The Kier molecular flexibility index (Phi) is 6.15. The Hall–Kier alpha value is -1.15. The molecule has 2 saturated carbocycles. The number of nitrogens with zero attached hydrogens (tertiary/aromatic N) is 4. The van der Waals surface area contributed by atoms with Crippen molar-refractivity contribution < 1.29 is 4.79 Å². The third-order valence-electron chi connectivity index (χ3n) is 6.38. The largest absolute Gasteiger partial charge is 0.352 e. The van der Waals surface area contributed by atoms with Crippen molar-refractivity contribution in [2.75, 3.05) is 31.1 Å². The van der Waals surface area contributed by atoms with Crippen molar-refractivity contribution in [3.63, 3.8) is 0 Å². The molecule has 0 spiro atoms. The number of carbonyl (C=O) groups is 1. The lowest BCUT2D eigenvalue weighted by Gasteiger charge is -2.39. The van der Waals surface area contributed by atoms with Crippen LogP contribution in [0.3, 0.4) is 0 Å². The fraction of sp³-hybridized carbons (Fsp3) is 0.611. The fourth-order valence-corrected chi connectivity index (χ4v) is 5.91. The van der Waals surface area contributed by atoms with Crippen LogP contribution in [-0.2, 0) is 4.79 Å². The van der Waals surface area contributed by atoms with E-state index in [9.17, 15) is 4.79 Å². The summed E-state index contributed by atoms with van der Waals surface area (Å²) in [4.78, 5) is 26.1. The minimum Gasteiger partial charge on any atom is -0.352 e. The van der Waals surface area contributed by atoms with Crippen LogP contribution in [0.5, 0.6) is 0 Å². The van der Waals surface area contributed by atoms with Gasteiger partial charge in [-0.15, -0.1) is 36.2 Å². The van der Waals surface area contributed by atoms with E-state index < -0.39 is 0 Å². The molecular formula is C18H25Cl2N5OS. The Labute approximate surface area is 175 Å². The molecule has 3 fully saturated rings. The quantitative estimate of drug-likeness (QED) is 0.793. The van der Waals surface area contributed by atoms with E-state index in [0.717, 1.165) is 48.6 Å². The van der Waals surface area contributed by atoms with E-state index in [4.69, 9.17) is 5.73 Å². The van der Waals surface area contributed by atoms with E-state index in [-0.39, 0.29) is 36.8 Å². The van der Waals surface area contributed by atoms with E-state index in [1.54, 1.807) is 17.7 Å². The average Bonchev–Trinajstić information content (AvgIpc) is 3.36. The summed E-state index contributed by atoms with van der Waals surface area (Å²) < 4.78 is 1.14. The lowest BCUT2D eigenvalue weighted by atomic mass is 9.84. The molecule has 0 radical (unpaired) electrons. The van der Waals surface area contributed by atoms with Crippen molar-refractivity contribution in [2.45, 2.75) is 25.3 Å². The maximum Gasteiger partial charge on any atom is 0.227 e. The minimum absolute atomic E-state index is 0. The second-order valence-electron chi connectivity index (χ2n) is 7.58. The smallest absolute Gasteiger partial charge is 0.227 e. The molecule has 0 aromatic carbocycles. The topological polar surface area (TPSA) is 75.4 Å². The summed E-state index contributed by atoms with van der Waals surface area (Å²) in [5, 5.41) is 2.05. The number of carbonyl (C=O) groups excluding carboxylic acids is 1. The van der Waals surface area contributed by atoms with E-state index in [1.807, 2.05) is 11.0 Å². The molecule has 9 heteroatoms. The zero-order valence-corrected chi connectivity index (χ0v) is 17.4. The number of amides is 1. The van der Waals surface area contributed by atoms with E-state index >= 15 is 0 Å². The second-order valence-corrected chi connectivity index (χ2v) is 8.50. The van der Waals surface area contributed by atoms with E-state index in [2.05, 4.69) is 20.2 Å². The van der Waals surface area contributed by atoms with Crippen molar-refractivity contribution in [1.82, 2.24) is 14.9 Å². The van der Waals surface area contributed by atoms with Gasteiger partial charge >= 0.3 is 0 Å². The van der Waals surface area contributed by atoms with Crippen LogP contribution in [-0.4, -0.2) is 53.0 Å². The highest BCUT2D eigenvalue weighted by Gasteiger charge is 2.50. The van der Waals surface area contributed by atoms with Crippen molar-refractivity contribution in [2.24, 2.45) is 23.5 Å². The Bertz CT molecular complexity index is 808. The molecule has 148 valence electrons. The molecule has 4 atom stereocenters. The van der Waals surface area contributed by atoms with Gasteiger partial charge in [-0.2, -0.15) is 0 Å². The molecule has 1 saturated heterocycles. The van der Waals surface area contributed by atoms with Crippen molar-refractivity contribution in [3.8, 4) is 0 Å². The molecule has 2 bridgehead atoms. The molecule has 5 rings (SSSR count). The second kappa shape index (κ2) is 8.07. The number of halogens is 2. The molecule has 2 aromatic rings. The summed E-state index contributed by atoms with van der Waals surface area (Å²) in [5.41, 5.74) is 7.37. The van der Waals surface area contributed by atoms with Crippen LogP contribution in [0.15, 0.2) is 17.8 Å². The molecule has 3 aliphatic rings. The molecular weight excluding hydrogens is 405 g/mol. The van der Waals surface area contributed by atoms with Crippen molar-refractivity contribution in [1.29, 1.82) is 0 Å². The van der Waals surface area contributed by atoms with Crippen LogP contribution in [0.25, 0.3) is 10.2 Å². The maximum atomic E-state index is 13.0. The third kappa shape index (κ3) is 3.39. The normalized spacial score (nSPS) is 29.5. The summed E-state index contributed by atoms with van der Waals surface area (Å²) in [6.45, 7) is 3.17. The lowest BCUT2D eigenvalue weighted by molar-refractivity contribution is -0.138. The Morgan fingerprint density at radius 2 is 1.85 bits per heavy atom. The van der Waals surface area contributed by atoms with Gasteiger partial charge in [0.1, 0.15) is 12.1 Å². The summed E-state index contributed by atoms with van der Waals surface area (Å²) >= 11 is 1.68. The van der Waals surface area contributed by atoms with Gasteiger partial charge in [0.2, 0.25) is 5.91 Å². The first-order valence-corrected chi connectivity index (χ1v) is 10.1. The first-order valence-electron chi connectivity index (χ1n) is 9.20. The van der Waals surface area contributed by atoms with Gasteiger partial charge in [0, 0.05) is 32.2 Å². The van der Waals surface area contributed by atoms with Crippen molar-refractivity contribution >= 4 is 58.1 Å². The van der Waals surface area contributed by atoms with Gasteiger partial charge in [0.05, 0.1) is 16.1 Å².